The topological polar surface area (TPSA) is 210 Å². The average molecular weight is 1430 g/mol. The van der Waals surface area contributed by atoms with Gasteiger partial charge in [0.25, 0.3) is 0 Å². The summed E-state index contributed by atoms with van der Waals surface area (Å²) in [4.78, 5) is 0. The van der Waals surface area contributed by atoms with Gasteiger partial charge in [0, 0.05) is 89.0 Å². The predicted octanol–water partition coefficient (Wildman–Crippen LogP) is 24.1. The number of hydrogen-bond acceptors (Lipinski definition) is 10. The smallest absolute Gasteiger partial charge is 0.103 e. The zero-order chi connectivity index (χ0) is 73.6. The molecule has 22 aromatic rings. The van der Waals surface area contributed by atoms with Gasteiger partial charge in [-0.2, -0.15) is 42.1 Å². The molecule has 6 heterocycles. The zero-order valence-electron chi connectivity index (χ0n) is 57.4. The largest absolute Gasteiger partial charge is 0.306 e. The second kappa shape index (κ2) is 22.8. The molecule has 6 aromatic heterocycles. The summed E-state index contributed by atoms with van der Waals surface area (Å²) in [5, 5.41) is 113. The molecule has 22 rings (SSSR count). The van der Waals surface area contributed by atoms with Gasteiger partial charge in [-0.15, -0.1) is 22.7 Å². The van der Waals surface area contributed by atoms with Gasteiger partial charge < -0.3 is 18.3 Å². The molecular formula is C96H42N12S2. The highest BCUT2D eigenvalue weighted by molar-refractivity contribution is 7.26. The number of nitrogens with zero attached hydrogens (tertiary/aromatic N) is 12. The quantitative estimate of drug-likeness (QED) is 0.161. The number of nitriles is 8. The summed E-state index contributed by atoms with van der Waals surface area (Å²) in [5.74, 6) is 0. The summed E-state index contributed by atoms with van der Waals surface area (Å²) in [5.41, 5.74) is 7.69. The van der Waals surface area contributed by atoms with Crippen molar-refractivity contribution in [1.82, 2.24) is 18.3 Å². The Labute approximate surface area is 631 Å². The van der Waals surface area contributed by atoms with E-state index in [-0.39, 0.29) is 67.3 Å². The minimum absolute atomic E-state index is 0.0332. The maximum absolute atomic E-state index is 11.8. The Bertz CT molecular complexity index is 8340. The maximum Gasteiger partial charge on any atom is 0.103 e. The van der Waals surface area contributed by atoms with Gasteiger partial charge in [-0.3, -0.25) is 0 Å². The number of aromatic nitrogens is 4. The first-order valence-electron chi connectivity index (χ1n) is 35.4. The van der Waals surface area contributed by atoms with E-state index in [2.05, 4.69) is 164 Å². The summed E-state index contributed by atoms with van der Waals surface area (Å²) in [7, 11) is 0. The van der Waals surface area contributed by atoms with Gasteiger partial charge in [-0.25, -0.2) is 0 Å². The van der Waals surface area contributed by atoms with E-state index in [1.54, 1.807) is 22.7 Å². The molecule has 110 heavy (non-hydrogen) atoms. The third kappa shape index (κ3) is 7.95. The lowest BCUT2D eigenvalue weighted by atomic mass is 9.93. The molecule has 498 valence electrons. The predicted molar refractivity (Wildman–Crippen MR) is 443 cm³/mol. The van der Waals surface area contributed by atoms with Crippen LogP contribution in [0.15, 0.2) is 255 Å². The molecule has 0 aliphatic heterocycles. The van der Waals surface area contributed by atoms with Gasteiger partial charge in [0.2, 0.25) is 0 Å². The normalized spacial score (nSPS) is 11.7. The Hall–Kier alpha value is -15.9. The van der Waals surface area contributed by atoms with Crippen molar-refractivity contribution in [3.05, 3.63) is 299 Å². The first-order valence-corrected chi connectivity index (χ1v) is 37.1. The third-order valence-electron chi connectivity index (χ3n) is 22.7. The zero-order valence-corrected chi connectivity index (χ0v) is 59.1. The van der Waals surface area contributed by atoms with Crippen molar-refractivity contribution in [2.24, 2.45) is 0 Å². The van der Waals surface area contributed by atoms with Gasteiger partial charge in [0.1, 0.15) is 48.6 Å². The van der Waals surface area contributed by atoms with E-state index >= 15 is 0 Å². The second-order valence-electron chi connectivity index (χ2n) is 27.7. The molecule has 0 saturated carbocycles. The minimum atomic E-state index is -0.0540. The lowest BCUT2D eigenvalue weighted by Gasteiger charge is -2.20. The standard InChI is InChI=1S/C96H42N12S2/c97-43-69-71(45-99)93(72(46-100)70(44-98)92(69)105-77-28-10-7-21-59(77)65-39-67-61-23-9-12-30-85(61)109-86(67)41-83(65)105)106-78-29-11-8-22-60(78)66-40-68-64-27-14-26-63(96(64)110-87(68)42-84(66)106)57-24-13-25-62-58(57)34-38-82-91(62)90-56-20-6-3-17-53(56)33-37-81(90)108(82)95-75(49-103)73(47-101)94(74(48-102)76(95)50-104)107-79-35-31-51-15-1-4-18-54(51)88(79)89-55-19-5-2-16-52(55)32-36-80(89)107/h1-42H. The van der Waals surface area contributed by atoms with E-state index in [1.807, 2.05) is 158 Å². The van der Waals surface area contributed by atoms with Crippen LogP contribution in [-0.4, -0.2) is 18.3 Å². The highest BCUT2D eigenvalue weighted by atomic mass is 32.1. The van der Waals surface area contributed by atoms with Crippen molar-refractivity contribution in [2.45, 2.75) is 0 Å². The van der Waals surface area contributed by atoms with Gasteiger partial charge in [-0.05, 0) is 115 Å². The molecule has 0 fully saturated rings. The maximum atomic E-state index is 11.8. The molecule has 0 aliphatic carbocycles. The van der Waals surface area contributed by atoms with Crippen LogP contribution >= 0.6 is 22.7 Å². The van der Waals surface area contributed by atoms with Crippen LogP contribution in [-0.2, 0) is 0 Å². The Balaban J connectivity index is 0.757. The van der Waals surface area contributed by atoms with E-state index < -0.39 is 0 Å². The van der Waals surface area contributed by atoms with Crippen molar-refractivity contribution in [3.8, 4) is 82.4 Å². The molecular weight excluding hydrogens is 1390 g/mol. The number of fused-ring (bicyclic) bond motifs is 26. The fourth-order valence-corrected chi connectivity index (χ4v) is 20.6. The highest BCUT2D eigenvalue weighted by Crippen LogP contribution is 2.52. The number of hydrogen-bond donors (Lipinski definition) is 0. The molecule has 0 radical (unpaired) electrons. The van der Waals surface area contributed by atoms with Crippen molar-refractivity contribution in [1.29, 1.82) is 42.1 Å². The molecule has 0 bridgehead atoms. The van der Waals surface area contributed by atoms with E-state index in [9.17, 15) is 42.1 Å². The van der Waals surface area contributed by atoms with E-state index in [0.29, 0.717) is 38.6 Å². The monoisotopic (exact) mass is 1430 g/mol. The van der Waals surface area contributed by atoms with Crippen LogP contribution in [0, 0.1) is 90.6 Å². The fraction of sp³-hybridized carbons (Fsp3) is 0. The van der Waals surface area contributed by atoms with Crippen LogP contribution in [0.2, 0.25) is 0 Å². The van der Waals surface area contributed by atoms with Gasteiger partial charge >= 0.3 is 0 Å². The molecule has 0 amide bonds. The van der Waals surface area contributed by atoms with E-state index in [0.717, 1.165) is 143 Å². The third-order valence-corrected chi connectivity index (χ3v) is 25.0. The van der Waals surface area contributed by atoms with Crippen LogP contribution in [0.4, 0.5) is 0 Å². The van der Waals surface area contributed by atoms with Crippen LogP contribution in [0.5, 0.6) is 0 Å². The summed E-state index contributed by atoms with van der Waals surface area (Å²) in [6.45, 7) is 0. The highest BCUT2D eigenvalue weighted by Gasteiger charge is 2.35. The van der Waals surface area contributed by atoms with Crippen LogP contribution in [0.3, 0.4) is 0 Å². The molecule has 16 aromatic carbocycles. The Kier molecular flexibility index (Phi) is 12.8. The van der Waals surface area contributed by atoms with Crippen molar-refractivity contribution < 1.29 is 0 Å². The molecule has 0 N–H and O–H groups in total. The van der Waals surface area contributed by atoms with Crippen molar-refractivity contribution in [2.75, 3.05) is 0 Å². The van der Waals surface area contributed by atoms with Crippen LogP contribution < -0.4 is 0 Å². The minimum Gasteiger partial charge on any atom is -0.306 e. The Morgan fingerprint density at radius 3 is 0.964 bits per heavy atom. The molecule has 0 saturated heterocycles. The number of para-hydroxylation sites is 2. The second-order valence-corrected chi connectivity index (χ2v) is 29.8. The first-order chi connectivity index (χ1) is 54.3. The molecule has 0 atom stereocenters. The molecule has 12 nitrogen and oxygen atoms in total. The van der Waals surface area contributed by atoms with E-state index in [1.165, 1.54) is 0 Å². The Morgan fingerprint density at radius 2 is 0.527 bits per heavy atom. The summed E-state index contributed by atoms with van der Waals surface area (Å²) in [6.07, 6.45) is 0. The molecule has 0 aliphatic rings. The molecule has 0 spiro atoms. The van der Waals surface area contributed by atoms with Crippen LogP contribution in [0.25, 0.3) is 205 Å². The van der Waals surface area contributed by atoms with Gasteiger partial charge in [0.05, 0.1) is 111 Å². The average Bonchev–Trinajstić information content (AvgIpc) is 1.52. The van der Waals surface area contributed by atoms with Crippen molar-refractivity contribution in [3.63, 3.8) is 0 Å². The molecule has 14 heteroatoms. The fourth-order valence-electron chi connectivity index (χ4n) is 18.3. The number of rotatable bonds is 5. The number of thiophene rings is 2. The lowest BCUT2D eigenvalue weighted by Crippen LogP contribution is -2.11. The molecule has 0 unspecified atom stereocenters. The summed E-state index contributed by atoms with van der Waals surface area (Å²) in [6, 6.07) is 105. The van der Waals surface area contributed by atoms with Crippen LogP contribution in [0.1, 0.15) is 44.5 Å². The van der Waals surface area contributed by atoms with Gasteiger partial charge in [-0.1, -0.05) is 188 Å². The van der Waals surface area contributed by atoms with Crippen molar-refractivity contribution >= 4 is 193 Å². The number of benzene rings is 16. The first kappa shape index (κ1) is 61.6. The summed E-state index contributed by atoms with van der Waals surface area (Å²) >= 11 is 3.27. The Morgan fingerprint density at radius 1 is 0.200 bits per heavy atom. The SMILES string of the molecule is N#Cc1c(C#N)c(-n2c3ccccc3c3cc4c(cc32)sc2c(-c3cccc5c3ccc3c5c5c6ccccc6ccc5n3-c3c(C#N)c(C#N)c(-n5c6ccc7ccccc7c6c6c7ccccc7ccc65)c(C#N)c3C#N)cccc24)c(C#N)c(C#N)c1-n1c2ccccc2c2cc3c(cc21)sc1ccccc13. The summed E-state index contributed by atoms with van der Waals surface area (Å²) < 4.78 is 11.6. The van der Waals surface area contributed by atoms with Gasteiger partial charge in [0.15, 0.2) is 0 Å². The van der Waals surface area contributed by atoms with E-state index in [4.69, 9.17) is 0 Å². The lowest BCUT2D eigenvalue weighted by molar-refractivity contribution is 1.10.